The van der Waals surface area contributed by atoms with E-state index < -0.39 is 27.2 Å². The van der Waals surface area contributed by atoms with E-state index in [2.05, 4.69) is 10.2 Å². The molecular formula is C17H21N5O5S2. The van der Waals surface area contributed by atoms with Gasteiger partial charge in [-0.05, 0) is 38.0 Å². The van der Waals surface area contributed by atoms with Crippen LogP contribution in [0.1, 0.15) is 26.2 Å². The van der Waals surface area contributed by atoms with Gasteiger partial charge in [0, 0.05) is 18.7 Å². The molecule has 2 aromatic rings. The average molecular weight is 440 g/mol. The Morgan fingerprint density at radius 2 is 1.97 bits per heavy atom. The Balaban J connectivity index is 1.76. The van der Waals surface area contributed by atoms with Crippen molar-refractivity contribution in [1.82, 2.24) is 19.8 Å². The second kappa shape index (κ2) is 8.93. The first kappa shape index (κ1) is 21.3. The molecule has 1 aromatic carbocycles. The van der Waals surface area contributed by atoms with Crippen LogP contribution in [-0.4, -0.2) is 53.2 Å². The van der Waals surface area contributed by atoms with Crippen molar-refractivity contribution in [2.45, 2.75) is 41.6 Å². The number of nitrogens with one attached hydrogen (secondary N) is 1. The third-order valence-corrected chi connectivity index (χ3v) is 7.16. The highest BCUT2D eigenvalue weighted by molar-refractivity contribution is 8.00. The topological polar surface area (TPSA) is 148 Å². The number of thioether (sulfide) groups is 1. The van der Waals surface area contributed by atoms with Crippen LogP contribution >= 0.6 is 11.8 Å². The number of hydrogen-bond acceptors (Lipinski definition) is 8. The first-order valence-corrected chi connectivity index (χ1v) is 11.3. The summed E-state index contributed by atoms with van der Waals surface area (Å²) >= 11 is 0.955. The van der Waals surface area contributed by atoms with Gasteiger partial charge < -0.3 is 10.2 Å². The quantitative estimate of drug-likeness (QED) is 0.645. The van der Waals surface area contributed by atoms with Crippen molar-refractivity contribution in [2.75, 3.05) is 13.1 Å². The van der Waals surface area contributed by atoms with E-state index in [1.165, 1.54) is 16.4 Å². The minimum Gasteiger partial charge on any atom is -0.411 e. The first-order chi connectivity index (χ1) is 13.8. The Morgan fingerprint density at radius 3 is 2.66 bits per heavy atom. The van der Waals surface area contributed by atoms with Gasteiger partial charge in [0.15, 0.2) is 0 Å². The number of urea groups is 1. The summed E-state index contributed by atoms with van der Waals surface area (Å²) in [6.45, 7) is 2.58. The Hall–Kier alpha value is -2.44. The minimum atomic E-state index is -3.59. The summed E-state index contributed by atoms with van der Waals surface area (Å²) in [5, 5.41) is 9.18. The Bertz CT molecular complexity index is 1000. The molecule has 0 saturated carbocycles. The van der Waals surface area contributed by atoms with Gasteiger partial charge >= 0.3 is 6.03 Å². The van der Waals surface area contributed by atoms with E-state index in [0.717, 1.165) is 31.0 Å². The van der Waals surface area contributed by atoms with Gasteiger partial charge in [-0.3, -0.25) is 10.1 Å². The van der Waals surface area contributed by atoms with Crippen LogP contribution in [-0.2, 0) is 14.8 Å². The molecule has 3 rings (SSSR count). The molecule has 0 spiro atoms. The van der Waals surface area contributed by atoms with E-state index in [1.807, 2.05) is 5.32 Å². The molecule has 1 unspecified atom stereocenters. The number of sulfonamides is 1. The molecule has 2 heterocycles. The van der Waals surface area contributed by atoms with E-state index in [1.54, 1.807) is 19.1 Å². The minimum absolute atomic E-state index is 0.108. The smallest absolute Gasteiger partial charge is 0.318 e. The molecule has 3 amide bonds. The summed E-state index contributed by atoms with van der Waals surface area (Å²) in [4.78, 5) is 22.7. The number of aromatic nitrogens is 2. The summed E-state index contributed by atoms with van der Waals surface area (Å²) < 4.78 is 32.7. The van der Waals surface area contributed by atoms with Gasteiger partial charge in [0.25, 0.3) is 5.22 Å². The maximum absolute atomic E-state index is 12.9. The van der Waals surface area contributed by atoms with Crippen LogP contribution in [0.25, 0.3) is 11.5 Å². The van der Waals surface area contributed by atoms with E-state index >= 15 is 0 Å². The highest BCUT2D eigenvalue weighted by Crippen LogP contribution is 2.28. The van der Waals surface area contributed by atoms with Crippen LogP contribution in [0.5, 0.6) is 0 Å². The highest BCUT2D eigenvalue weighted by atomic mass is 32.2. The lowest BCUT2D eigenvalue weighted by Crippen LogP contribution is -2.39. The molecule has 1 fully saturated rings. The maximum Gasteiger partial charge on any atom is 0.318 e. The van der Waals surface area contributed by atoms with Gasteiger partial charge in [-0.2, -0.15) is 4.31 Å². The van der Waals surface area contributed by atoms with Gasteiger partial charge in [-0.1, -0.05) is 24.2 Å². The third kappa shape index (κ3) is 5.14. The van der Waals surface area contributed by atoms with Crippen molar-refractivity contribution in [3.63, 3.8) is 0 Å². The predicted molar refractivity (Wildman–Crippen MR) is 105 cm³/mol. The Morgan fingerprint density at radius 1 is 1.24 bits per heavy atom. The molecule has 3 N–H and O–H groups in total. The Labute approximate surface area is 172 Å². The molecule has 156 valence electrons. The number of nitrogens with two attached hydrogens (primary N) is 1. The highest BCUT2D eigenvalue weighted by Gasteiger charge is 2.26. The maximum atomic E-state index is 12.9. The molecule has 1 aliphatic rings. The fourth-order valence-corrected chi connectivity index (χ4v) is 5.09. The second-order valence-corrected chi connectivity index (χ2v) is 9.71. The number of piperidine rings is 1. The molecule has 29 heavy (non-hydrogen) atoms. The number of primary amides is 1. The molecular weight excluding hydrogens is 418 g/mol. The largest absolute Gasteiger partial charge is 0.411 e. The second-order valence-electron chi connectivity index (χ2n) is 6.48. The van der Waals surface area contributed by atoms with E-state index in [9.17, 15) is 18.0 Å². The summed E-state index contributed by atoms with van der Waals surface area (Å²) in [6, 6.07) is 5.37. The van der Waals surface area contributed by atoms with Crippen LogP contribution in [0.4, 0.5) is 4.79 Å². The average Bonchev–Trinajstić information content (AvgIpc) is 3.16. The van der Waals surface area contributed by atoms with E-state index in [0.29, 0.717) is 18.7 Å². The molecule has 10 nitrogen and oxygen atoms in total. The number of imide groups is 1. The normalized spacial score (nSPS) is 16.3. The van der Waals surface area contributed by atoms with Crippen molar-refractivity contribution < 1.29 is 22.4 Å². The summed E-state index contributed by atoms with van der Waals surface area (Å²) in [6.07, 6.45) is 2.74. The number of nitrogens with zero attached hydrogens (tertiary/aromatic N) is 3. The molecule has 1 aliphatic heterocycles. The van der Waals surface area contributed by atoms with Crippen molar-refractivity contribution >= 4 is 33.7 Å². The molecule has 0 bridgehead atoms. The summed E-state index contributed by atoms with van der Waals surface area (Å²) in [7, 11) is -3.59. The lowest BCUT2D eigenvalue weighted by atomic mass is 10.2. The van der Waals surface area contributed by atoms with Crippen LogP contribution in [0.15, 0.2) is 38.8 Å². The monoisotopic (exact) mass is 439 g/mol. The van der Waals surface area contributed by atoms with Crippen molar-refractivity contribution in [2.24, 2.45) is 5.73 Å². The van der Waals surface area contributed by atoms with Gasteiger partial charge in [0.2, 0.25) is 21.8 Å². The van der Waals surface area contributed by atoms with Gasteiger partial charge in [0.1, 0.15) is 0 Å². The fourth-order valence-electron chi connectivity index (χ4n) is 2.85. The molecule has 0 aliphatic carbocycles. The lowest BCUT2D eigenvalue weighted by molar-refractivity contribution is -0.119. The van der Waals surface area contributed by atoms with E-state index in [4.69, 9.17) is 10.2 Å². The van der Waals surface area contributed by atoms with Crippen LogP contribution in [0, 0.1) is 0 Å². The number of rotatable bonds is 6. The first-order valence-electron chi connectivity index (χ1n) is 8.98. The fraction of sp³-hybridized carbons (Fsp3) is 0.412. The van der Waals surface area contributed by atoms with Gasteiger partial charge in [-0.15, -0.1) is 10.2 Å². The van der Waals surface area contributed by atoms with Crippen LogP contribution < -0.4 is 11.1 Å². The zero-order valence-corrected chi connectivity index (χ0v) is 17.3. The van der Waals surface area contributed by atoms with Crippen LogP contribution in [0.2, 0.25) is 0 Å². The standard InChI is InChI=1S/C17H21N5O5S2/c1-11(14(23)19-16(18)24)28-17-21-20-15(27-17)12-6-5-7-13(10-12)29(25,26)22-8-3-2-4-9-22/h5-7,10-11H,2-4,8-9H2,1H3,(H3,18,19,23,24). The molecule has 1 aromatic heterocycles. The van der Waals surface area contributed by atoms with Crippen molar-refractivity contribution in [3.8, 4) is 11.5 Å². The zero-order valence-electron chi connectivity index (χ0n) is 15.7. The molecule has 1 saturated heterocycles. The number of benzene rings is 1. The lowest BCUT2D eigenvalue weighted by Gasteiger charge is -2.25. The number of amides is 3. The summed E-state index contributed by atoms with van der Waals surface area (Å²) in [5.74, 6) is -0.456. The van der Waals surface area contributed by atoms with Gasteiger partial charge in [0.05, 0.1) is 10.1 Å². The summed E-state index contributed by atoms with van der Waals surface area (Å²) in [5.41, 5.74) is 5.38. The van der Waals surface area contributed by atoms with Gasteiger partial charge in [-0.25, -0.2) is 13.2 Å². The molecule has 1 atom stereocenters. The molecule has 0 radical (unpaired) electrons. The molecule has 12 heteroatoms. The third-order valence-electron chi connectivity index (χ3n) is 4.33. The van der Waals surface area contributed by atoms with Crippen LogP contribution in [0.3, 0.4) is 0 Å². The number of carbonyl (C=O) groups excluding carboxylic acids is 2. The van der Waals surface area contributed by atoms with Crippen molar-refractivity contribution in [1.29, 1.82) is 0 Å². The predicted octanol–water partition coefficient (Wildman–Crippen LogP) is 1.59. The SMILES string of the molecule is CC(Sc1nnc(-c2cccc(S(=O)(=O)N3CCCCC3)c2)o1)C(=O)NC(N)=O. The Kier molecular flexibility index (Phi) is 6.55. The zero-order chi connectivity index (χ0) is 21.0. The number of carbonyl (C=O) groups is 2. The van der Waals surface area contributed by atoms with Crippen molar-refractivity contribution in [3.05, 3.63) is 24.3 Å². The number of hydrogen-bond donors (Lipinski definition) is 2. The van der Waals surface area contributed by atoms with E-state index in [-0.39, 0.29) is 16.0 Å².